The van der Waals surface area contributed by atoms with E-state index in [1.165, 1.54) is 19.1 Å². The number of carbonyl (C=O) groups excluding carboxylic acids is 1. The molecule has 1 heterocycles. The van der Waals surface area contributed by atoms with E-state index >= 15 is 0 Å². The van der Waals surface area contributed by atoms with Crippen LogP contribution in [-0.4, -0.2) is 24.5 Å². The molecular weight excluding hydrogens is 320 g/mol. The number of hydrogen-bond donors (Lipinski definition) is 2. The van der Waals surface area contributed by atoms with Crippen LogP contribution in [0.25, 0.3) is 0 Å². The first-order chi connectivity index (χ1) is 10.8. The van der Waals surface area contributed by atoms with Crippen molar-refractivity contribution in [1.29, 1.82) is 0 Å². The van der Waals surface area contributed by atoms with Gasteiger partial charge in [0.1, 0.15) is 0 Å². The zero-order chi connectivity index (χ0) is 17.0. The van der Waals surface area contributed by atoms with Crippen molar-refractivity contribution < 1.29 is 17.7 Å². The van der Waals surface area contributed by atoms with Gasteiger partial charge in [-0.1, -0.05) is 25.1 Å². The highest BCUT2D eigenvalue weighted by Gasteiger charge is 2.17. The van der Waals surface area contributed by atoms with Crippen molar-refractivity contribution in [3.05, 3.63) is 36.0 Å². The second kappa shape index (κ2) is 6.88. The van der Waals surface area contributed by atoms with Crippen molar-refractivity contribution in [2.75, 3.05) is 5.32 Å². The van der Waals surface area contributed by atoms with E-state index in [9.17, 15) is 13.2 Å². The fourth-order valence-electron chi connectivity index (χ4n) is 1.76. The average molecular weight is 338 g/mol. The Kier molecular flexibility index (Phi) is 5.12. The molecule has 0 unspecified atom stereocenters. The Morgan fingerprint density at radius 1 is 1.35 bits per heavy atom. The van der Waals surface area contributed by atoms with E-state index in [-0.39, 0.29) is 29.1 Å². The van der Waals surface area contributed by atoms with E-state index in [0.717, 1.165) is 0 Å². The number of rotatable bonds is 6. The summed E-state index contributed by atoms with van der Waals surface area (Å²) in [5.41, 5.74) is 0.405. The van der Waals surface area contributed by atoms with Gasteiger partial charge in [-0.05, 0) is 18.2 Å². The van der Waals surface area contributed by atoms with Crippen LogP contribution in [0.1, 0.15) is 38.4 Å². The van der Waals surface area contributed by atoms with Crippen LogP contribution in [0.2, 0.25) is 0 Å². The molecule has 2 rings (SSSR count). The highest BCUT2D eigenvalue weighted by molar-refractivity contribution is 7.89. The third-order valence-corrected chi connectivity index (χ3v) is 4.26. The minimum atomic E-state index is -3.75. The summed E-state index contributed by atoms with van der Waals surface area (Å²) < 4.78 is 32.0. The zero-order valence-electron chi connectivity index (χ0n) is 13.0. The van der Waals surface area contributed by atoms with Gasteiger partial charge in [0.25, 0.3) is 0 Å². The molecule has 124 valence electrons. The summed E-state index contributed by atoms with van der Waals surface area (Å²) in [5, 5.41) is 6.26. The molecule has 0 saturated heterocycles. The summed E-state index contributed by atoms with van der Waals surface area (Å²) in [4.78, 5) is 15.2. The number of hydrogen-bond acceptors (Lipinski definition) is 6. The Morgan fingerprint density at radius 2 is 2.09 bits per heavy atom. The second-order valence-electron chi connectivity index (χ2n) is 5.24. The Bertz CT molecular complexity index is 799. The van der Waals surface area contributed by atoms with Crippen LogP contribution in [0.5, 0.6) is 0 Å². The van der Waals surface area contributed by atoms with Crippen molar-refractivity contribution >= 4 is 21.6 Å². The molecule has 9 heteroatoms. The fraction of sp³-hybridized carbons (Fsp3) is 0.357. The molecule has 0 aliphatic rings. The topological polar surface area (TPSA) is 114 Å². The molecule has 0 atom stereocenters. The van der Waals surface area contributed by atoms with E-state index in [1.54, 1.807) is 12.1 Å². The van der Waals surface area contributed by atoms with Crippen molar-refractivity contribution in [3.63, 3.8) is 0 Å². The summed E-state index contributed by atoms with van der Waals surface area (Å²) >= 11 is 0. The highest BCUT2D eigenvalue weighted by Crippen LogP contribution is 2.16. The number of amides is 1. The first kappa shape index (κ1) is 17.1. The smallest absolute Gasteiger partial charge is 0.241 e. The first-order valence-corrected chi connectivity index (χ1v) is 8.46. The largest absolute Gasteiger partial charge is 0.339 e. The normalized spacial score (nSPS) is 11.7. The van der Waals surface area contributed by atoms with Gasteiger partial charge in [-0.25, -0.2) is 13.1 Å². The molecule has 0 bridgehead atoms. The molecule has 0 aliphatic carbocycles. The minimum Gasteiger partial charge on any atom is -0.339 e. The highest BCUT2D eigenvalue weighted by atomic mass is 32.2. The van der Waals surface area contributed by atoms with E-state index < -0.39 is 10.0 Å². The van der Waals surface area contributed by atoms with Gasteiger partial charge >= 0.3 is 0 Å². The molecule has 2 aromatic rings. The van der Waals surface area contributed by atoms with Crippen molar-refractivity contribution in [2.24, 2.45) is 0 Å². The molecule has 0 spiro atoms. The number of benzene rings is 1. The number of carbonyl (C=O) groups is 1. The van der Waals surface area contributed by atoms with Gasteiger partial charge < -0.3 is 9.84 Å². The maximum absolute atomic E-state index is 12.3. The van der Waals surface area contributed by atoms with Crippen LogP contribution in [0, 0.1) is 0 Å². The fourth-order valence-corrected chi connectivity index (χ4v) is 2.79. The van der Waals surface area contributed by atoms with Crippen LogP contribution in [0.4, 0.5) is 5.69 Å². The lowest BCUT2D eigenvalue weighted by molar-refractivity contribution is -0.114. The molecule has 1 aromatic heterocycles. The third kappa shape index (κ3) is 4.60. The summed E-state index contributed by atoms with van der Waals surface area (Å²) in [6, 6.07) is 5.96. The van der Waals surface area contributed by atoms with Gasteiger partial charge in [-0.2, -0.15) is 4.98 Å². The Hall–Kier alpha value is -2.26. The lowest BCUT2D eigenvalue weighted by atomic mass is 10.2. The Morgan fingerprint density at radius 3 is 2.70 bits per heavy atom. The van der Waals surface area contributed by atoms with E-state index in [4.69, 9.17) is 4.52 Å². The third-order valence-electron chi connectivity index (χ3n) is 2.86. The maximum Gasteiger partial charge on any atom is 0.241 e. The number of nitrogens with one attached hydrogen (secondary N) is 2. The minimum absolute atomic E-state index is 0.0383. The molecule has 8 nitrogen and oxygen atoms in total. The van der Waals surface area contributed by atoms with Crippen molar-refractivity contribution in [2.45, 2.75) is 38.1 Å². The average Bonchev–Trinajstić information content (AvgIpc) is 2.94. The predicted octanol–water partition coefficient (Wildman–Crippen LogP) is 1.63. The molecule has 2 N–H and O–H groups in total. The number of aromatic nitrogens is 2. The van der Waals surface area contributed by atoms with Crippen molar-refractivity contribution in [3.8, 4) is 0 Å². The second-order valence-corrected chi connectivity index (χ2v) is 7.00. The molecule has 23 heavy (non-hydrogen) atoms. The van der Waals surface area contributed by atoms with E-state index in [2.05, 4.69) is 20.2 Å². The molecule has 0 aliphatic heterocycles. The number of anilines is 1. The Balaban J connectivity index is 2.10. The SMILES string of the molecule is CC(=O)Nc1cccc(S(=O)(=O)NCc2noc(C(C)C)n2)c1. The van der Waals surface area contributed by atoms with E-state index in [1.807, 2.05) is 13.8 Å². The molecule has 0 saturated carbocycles. The van der Waals surface area contributed by atoms with E-state index in [0.29, 0.717) is 11.6 Å². The molecular formula is C14H18N4O4S. The van der Waals surface area contributed by atoms with Crippen LogP contribution in [0.15, 0.2) is 33.7 Å². The standard InChI is InChI=1S/C14H18N4O4S/c1-9(2)14-17-13(18-22-14)8-15-23(20,21)12-6-4-5-11(7-12)16-10(3)19/h4-7,9,15H,8H2,1-3H3,(H,16,19). The molecule has 0 radical (unpaired) electrons. The lowest BCUT2D eigenvalue weighted by Gasteiger charge is -2.07. The molecule has 1 amide bonds. The molecule has 1 aromatic carbocycles. The zero-order valence-corrected chi connectivity index (χ0v) is 13.8. The quantitative estimate of drug-likeness (QED) is 0.827. The summed E-state index contributed by atoms with van der Waals surface area (Å²) in [6.07, 6.45) is 0. The predicted molar refractivity (Wildman–Crippen MR) is 83.2 cm³/mol. The van der Waals surface area contributed by atoms with Crippen LogP contribution in [0.3, 0.4) is 0 Å². The van der Waals surface area contributed by atoms with Gasteiger partial charge in [-0.15, -0.1) is 0 Å². The van der Waals surface area contributed by atoms with Crippen LogP contribution < -0.4 is 10.0 Å². The monoisotopic (exact) mass is 338 g/mol. The van der Waals surface area contributed by atoms with Crippen LogP contribution >= 0.6 is 0 Å². The van der Waals surface area contributed by atoms with Gasteiger partial charge in [0.2, 0.25) is 21.8 Å². The summed E-state index contributed by atoms with van der Waals surface area (Å²) in [7, 11) is -3.75. The van der Waals surface area contributed by atoms with Crippen molar-refractivity contribution in [1.82, 2.24) is 14.9 Å². The molecule has 0 fully saturated rings. The first-order valence-electron chi connectivity index (χ1n) is 6.98. The summed E-state index contributed by atoms with van der Waals surface area (Å²) in [5.74, 6) is 0.504. The maximum atomic E-state index is 12.3. The van der Waals surface area contributed by atoms with Gasteiger partial charge in [0.05, 0.1) is 11.4 Å². The van der Waals surface area contributed by atoms with Gasteiger partial charge in [-0.3, -0.25) is 4.79 Å². The number of nitrogens with zero attached hydrogens (tertiary/aromatic N) is 2. The van der Waals surface area contributed by atoms with Gasteiger partial charge in [0.15, 0.2) is 5.82 Å². The van der Waals surface area contributed by atoms with Crippen LogP contribution in [-0.2, 0) is 21.4 Å². The summed E-state index contributed by atoms with van der Waals surface area (Å²) in [6.45, 7) is 5.06. The lowest BCUT2D eigenvalue weighted by Crippen LogP contribution is -2.24. The van der Waals surface area contributed by atoms with Gasteiger partial charge in [0, 0.05) is 18.5 Å². The number of sulfonamides is 1. The Labute approximate surface area is 134 Å².